The Kier molecular flexibility index (Phi) is 6.54. The van der Waals surface area contributed by atoms with Gasteiger partial charge in [0.15, 0.2) is 0 Å². The number of aryl methyl sites for hydroxylation is 1. The van der Waals surface area contributed by atoms with Crippen molar-refractivity contribution in [2.45, 2.75) is 19.8 Å². The van der Waals surface area contributed by atoms with Crippen LogP contribution in [0, 0.1) is 12.7 Å². The van der Waals surface area contributed by atoms with Crippen molar-refractivity contribution >= 4 is 17.2 Å². The molecule has 1 N–H and O–H groups in total. The van der Waals surface area contributed by atoms with Gasteiger partial charge in [-0.2, -0.15) is 0 Å². The molecule has 3 aromatic rings. The lowest BCUT2D eigenvalue weighted by atomic mass is 10.2. The fraction of sp³-hybridized carbons (Fsp3) is 0.238. The minimum atomic E-state index is -0.296. The van der Waals surface area contributed by atoms with Crippen LogP contribution < -0.4 is 10.1 Å². The molecule has 0 bridgehead atoms. The number of nitrogens with one attached hydrogen (secondary N) is 1. The van der Waals surface area contributed by atoms with Gasteiger partial charge in [-0.15, -0.1) is 11.3 Å². The van der Waals surface area contributed by atoms with Gasteiger partial charge in [0.2, 0.25) is 5.91 Å². The molecule has 6 heteroatoms. The van der Waals surface area contributed by atoms with Gasteiger partial charge in [-0.1, -0.05) is 24.3 Å². The zero-order chi connectivity index (χ0) is 19.1. The van der Waals surface area contributed by atoms with Crippen molar-refractivity contribution in [2.24, 2.45) is 0 Å². The predicted molar refractivity (Wildman–Crippen MR) is 106 cm³/mol. The minimum absolute atomic E-state index is 0.0818. The van der Waals surface area contributed by atoms with Crippen LogP contribution in [-0.4, -0.2) is 24.0 Å². The fourth-order valence-electron chi connectivity index (χ4n) is 2.56. The van der Waals surface area contributed by atoms with E-state index in [1.165, 1.54) is 23.5 Å². The molecule has 0 aliphatic carbocycles. The number of rotatable bonds is 8. The van der Waals surface area contributed by atoms with Crippen molar-refractivity contribution < 1.29 is 13.9 Å². The van der Waals surface area contributed by atoms with Crippen molar-refractivity contribution in [3.05, 3.63) is 71.0 Å². The van der Waals surface area contributed by atoms with Gasteiger partial charge in [-0.3, -0.25) is 4.79 Å². The molecule has 1 amide bonds. The summed E-state index contributed by atoms with van der Waals surface area (Å²) in [6.07, 6.45) is 0.940. The molecule has 1 aromatic heterocycles. The smallest absolute Gasteiger partial charge is 0.226 e. The number of amides is 1. The maximum Gasteiger partial charge on any atom is 0.226 e. The van der Waals surface area contributed by atoms with Gasteiger partial charge in [-0.05, 0) is 43.2 Å². The second-order valence-electron chi connectivity index (χ2n) is 6.20. The maximum absolute atomic E-state index is 13.3. The van der Waals surface area contributed by atoms with Crippen LogP contribution in [-0.2, 0) is 11.2 Å². The first-order valence-corrected chi connectivity index (χ1v) is 9.64. The summed E-state index contributed by atoms with van der Waals surface area (Å²) >= 11 is 1.41. The highest BCUT2D eigenvalue weighted by atomic mass is 32.1. The van der Waals surface area contributed by atoms with Gasteiger partial charge in [0, 0.05) is 17.5 Å². The molecule has 0 unspecified atom stereocenters. The summed E-state index contributed by atoms with van der Waals surface area (Å²) < 4.78 is 19.0. The zero-order valence-electron chi connectivity index (χ0n) is 15.1. The number of benzene rings is 2. The molecular weight excluding hydrogens is 363 g/mol. The van der Waals surface area contributed by atoms with Gasteiger partial charge >= 0.3 is 0 Å². The van der Waals surface area contributed by atoms with Gasteiger partial charge in [0.1, 0.15) is 16.6 Å². The SMILES string of the molecule is Cc1cccc(OCCCNC(=O)Cc2csc(-c3cccc(F)c3)n2)c1. The third-order valence-corrected chi connectivity index (χ3v) is 4.81. The lowest BCUT2D eigenvalue weighted by molar-refractivity contribution is -0.120. The molecule has 4 nitrogen and oxygen atoms in total. The summed E-state index contributed by atoms with van der Waals surface area (Å²) in [7, 11) is 0. The summed E-state index contributed by atoms with van der Waals surface area (Å²) in [5.74, 6) is 0.463. The molecule has 0 atom stereocenters. The first kappa shape index (κ1) is 19.0. The number of thiazole rings is 1. The van der Waals surface area contributed by atoms with Crippen molar-refractivity contribution in [3.63, 3.8) is 0 Å². The molecule has 1 heterocycles. The fourth-order valence-corrected chi connectivity index (χ4v) is 3.38. The van der Waals surface area contributed by atoms with E-state index in [9.17, 15) is 9.18 Å². The summed E-state index contributed by atoms with van der Waals surface area (Å²) in [6.45, 7) is 3.11. The number of hydrogen-bond donors (Lipinski definition) is 1. The third-order valence-electron chi connectivity index (χ3n) is 3.87. The number of carbonyl (C=O) groups is 1. The molecule has 3 rings (SSSR count). The normalized spacial score (nSPS) is 10.6. The Balaban J connectivity index is 1.39. The number of ether oxygens (including phenoxy) is 1. The van der Waals surface area contributed by atoms with E-state index in [4.69, 9.17) is 4.74 Å². The van der Waals surface area contributed by atoms with E-state index in [2.05, 4.69) is 10.3 Å². The van der Waals surface area contributed by atoms with Crippen LogP contribution in [0.15, 0.2) is 53.9 Å². The van der Waals surface area contributed by atoms with E-state index in [0.29, 0.717) is 23.9 Å². The van der Waals surface area contributed by atoms with Crippen LogP contribution in [0.3, 0.4) is 0 Å². The average molecular weight is 384 g/mol. The van der Waals surface area contributed by atoms with E-state index in [1.807, 2.05) is 36.6 Å². The molecule has 0 radical (unpaired) electrons. The molecule has 140 valence electrons. The van der Waals surface area contributed by atoms with Crippen molar-refractivity contribution in [1.82, 2.24) is 10.3 Å². The average Bonchev–Trinajstić information content (AvgIpc) is 3.10. The number of aromatic nitrogens is 1. The quantitative estimate of drug-likeness (QED) is 0.586. The Bertz CT molecular complexity index is 910. The lowest BCUT2D eigenvalue weighted by Gasteiger charge is -2.07. The molecule has 27 heavy (non-hydrogen) atoms. The molecule has 0 spiro atoms. The van der Waals surface area contributed by atoms with Crippen LogP contribution in [0.4, 0.5) is 4.39 Å². The highest BCUT2D eigenvalue weighted by Gasteiger charge is 2.09. The number of nitrogens with zero attached hydrogens (tertiary/aromatic N) is 1. The summed E-state index contributed by atoms with van der Waals surface area (Å²) in [4.78, 5) is 16.5. The second kappa shape index (κ2) is 9.28. The van der Waals surface area contributed by atoms with Crippen LogP contribution >= 0.6 is 11.3 Å². The van der Waals surface area contributed by atoms with Crippen LogP contribution in [0.25, 0.3) is 10.6 Å². The van der Waals surface area contributed by atoms with Crippen LogP contribution in [0.5, 0.6) is 5.75 Å². The maximum atomic E-state index is 13.3. The zero-order valence-corrected chi connectivity index (χ0v) is 15.9. The number of carbonyl (C=O) groups excluding carboxylic acids is 1. The standard InChI is InChI=1S/C21H21FN2O2S/c1-15-5-2-8-19(11-15)26-10-4-9-23-20(25)13-18-14-27-21(24-18)16-6-3-7-17(22)12-16/h2-3,5-8,11-12,14H,4,9-10,13H2,1H3,(H,23,25). The summed E-state index contributed by atoms with van der Waals surface area (Å²) in [5.41, 5.74) is 2.56. The van der Waals surface area contributed by atoms with E-state index < -0.39 is 0 Å². The molecule has 0 saturated heterocycles. The Hall–Kier alpha value is -2.73. The van der Waals surface area contributed by atoms with E-state index in [1.54, 1.807) is 12.1 Å². The van der Waals surface area contributed by atoms with Gasteiger partial charge in [-0.25, -0.2) is 9.37 Å². The Morgan fingerprint density at radius 2 is 2.07 bits per heavy atom. The Labute approximate surface area is 162 Å². The van der Waals surface area contributed by atoms with Crippen molar-refractivity contribution in [1.29, 1.82) is 0 Å². The predicted octanol–water partition coefficient (Wildman–Crippen LogP) is 4.39. The number of hydrogen-bond acceptors (Lipinski definition) is 4. The van der Waals surface area contributed by atoms with Gasteiger partial charge < -0.3 is 10.1 Å². The first-order chi connectivity index (χ1) is 13.1. The number of halogens is 1. The molecule has 0 saturated carbocycles. The molecule has 0 aliphatic heterocycles. The van der Waals surface area contributed by atoms with E-state index in [0.717, 1.165) is 23.3 Å². The summed E-state index contributed by atoms with van der Waals surface area (Å²) in [6, 6.07) is 14.2. The highest BCUT2D eigenvalue weighted by molar-refractivity contribution is 7.13. The highest BCUT2D eigenvalue weighted by Crippen LogP contribution is 2.24. The van der Waals surface area contributed by atoms with Crippen LogP contribution in [0.2, 0.25) is 0 Å². The van der Waals surface area contributed by atoms with Crippen LogP contribution in [0.1, 0.15) is 17.7 Å². The lowest BCUT2D eigenvalue weighted by Crippen LogP contribution is -2.27. The monoisotopic (exact) mass is 384 g/mol. The molecule has 0 aliphatic rings. The first-order valence-electron chi connectivity index (χ1n) is 8.77. The Morgan fingerprint density at radius 1 is 1.22 bits per heavy atom. The molecular formula is C21H21FN2O2S. The largest absolute Gasteiger partial charge is 0.494 e. The third kappa shape index (κ3) is 5.89. The van der Waals surface area contributed by atoms with E-state index >= 15 is 0 Å². The second-order valence-corrected chi connectivity index (χ2v) is 7.06. The summed E-state index contributed by atoms with van der Waals surface area (Å²) in [5, 5.41) is 5.42. The van der Waals surface area contributed by atoms with E-state index in [-0.39, 0.29) is 18.1 Å². The minimum Gasteiger partial charge on any atom is -0.494 e. The van der Waals surface area contributed by atoms with Crippen molar-refractivity contribution in [2.75, 3.05) is 13.2 Å². The van der Waals surface area contributed by atoms with Gasteiger partial charge in [0.05, 0.1) is 18.7 Å². The van der Waals surface area contributed by atoms with Crippen molar-refractivity contribution in [3.8, 4) is 16.3 Å². The Morgan fingerprint density at radius 3 is 2.89 bits per heavy atom. The topological polar surface area (TPSA) is 51.2 Å². The molecule has 2 aromatic carbocycles. The van der Waals surface area contributed by atoms with Gasteiger partial charge in [0.25, 0.3) is 0 Å². The molecule has 0 fully saturated rings.